The van der Waals surface area contributed by atoms with Crippen molar-refractivity contribution in [2.24, 2.45) is 0 Å². The molecule has 108 valence electrons. The Morgan fingerprint density at radius 3 is 3.00 bits per heavy atom. The molecule has 3 aromatic heterocycles. The first-order valence-corrected chi connectivity index (χ1v) is 7.61. The Labute approximate surface area is 125 Å². The molecule has 0 aromatic carbocycles. The van der Waals surface area contributed by atoms with Crippen molar-refractivity contribution in [3.8, 4) is 0 Å². The molecule has 0 fully saturated rings. The van der Waals surface area contributed by atoms with Gasteiger partial charge in [-0.05, 0) is 24.6 Å². The number of aromatic nitrogens is 4. The number of nitrogens with two attached hydrogens (primary N) is 1. The summed E-state index contributed by atoms with van der Waals surface area (Å²) >= 11 is 1.63. The van der Waals surface area contributed by atoms with E-state index in [1.165, 1.54) is 6.07 Å². The fraction of sp³-hybridized carbons (Fsp3) is 0.214. The summed E-state index contributed by atoms with van der Waals surface area (Å²) in [4.78, 5) is 11.6. The lowest BCUT2D eigenvalue weighted by Gasteiger charge is -2.05. The van der Waals surface area contributed by atoms with Gasteiger partial charge in [0.05, 0.1) is 0 Å². The van der Waals surface area contributed by atoms with E-state index in [1.54, 1.807) is 28.6 Å². The smallest absolute Gasteiger partial charge is 0.250 e. The number of thioether (sulfide) groups is 1. The molecule has 0 saturated heterocycles. The summed E-state index contributed by atoms with van der Waals surface area (Å²) in [6.45, 7) is 0.646. The third-order valence-corrected chi connectivity index (χ3v) is 4.09. The third-order valence-electron chi connectivity index (χ3n) is 3.06. The van der Waals surface area contributed by atoms with E-state index in [4.69, 9.17) is 5.73 Å². The van der Waals surface area contributed by atoms with Crippen LogP contribution < -0.4 is 11.3 Å². The monoisotopic (exact) mass is 301 g/mol. The minimum atomic E-state index is -0.0258. The SMILES string of the molecule is Nc1ccc(=O)n(CCCSc2nnc3ccccn23)c1. The second-order valence-corrected chi connectivity index (χ2v) is 5.67. The second-order valence-electron chi connectivity index (χ2n) is 4.61. The molecule has 0 radical (unpaired) electrons. The molecule has 0 aliphatic carbocycles. The van der Waals surface area contributed by atoms with Gasteiger partial charge in [0.25, 0.3) is 5.56 Å². The third kappa shape index (κ3) is 3.08. The van der Waals surface area contributed by atoms with Crippen molar-refractivity contribution >= 4 is 23.1 Å². The Bertz CT molecular complexity index is 810. The van der Waals surface area contributed by atoms with Gasteiger partial charge < -0.3 is 10.3 Å². The maximum atomic E-state index is 11.6. The van der Waals surface area contributed by atoms with Crippen LogP contribution in [0.5, 0.6) is 0 Å². The number of nitrogen functional groups attached to an aromatic ring is 1. The number of hydrogen-bond donors (Lipinski definition) is 1. The Kier molecular flexibility index (Phi) is 3.92. The van der Waals surface area contributed by atoms with Gasteiger partial charge in [0.2, 0.25) is 0 Å². The Morgan fingerprint density at radius 2 is 2.10 bits per heavy atom. The van der Waals surface area contributed by atoms with Crippen LogP contribution in [0.2, 0.25) is 0 Å². The molecule has 3 aromatic rings. The lowest BCUT2D eigenvalue weighted by Crippen LogP contribution is -2.19. The average Bonchev–Trinajstić information content (AvgIpc) is 2.90. The highest BCUT2D eigenvalue weighted by Crippen LogP contribution is 2.17. The van der Waals surface area contributed by atoms with Gasteiger partial charge in [-0.3, -0.25) is 9.20 Å². The van der Waals surface area contributed by atoms with E-state index in [-0.39, 0.29) is 5.56 Å². The number of fused-ring (bicyclic) bond motifs is 1. The molecule has 2 N–H and O–H groups in total. The summed E-state index contributed by atoms with van der Waals surface area (Å²) in [6.07, 6.45) is 4.48. The zero-order valence-electron chi connectivity index (χ0n) is 11.3. The number of hydrogen-bond acceptors (Lipinski definition) is 5. The van der Waals surface area contributed by atoms with E-state index < -0.39 is 0 Å². The minimum absolute atomic E-state index is 0.0258. The van der Waals surface area contributed by atoms with Gasteiger partial charge in [0.15, 0.2) is 10.8 Å². The number of pyridine rings is 2. The van der Waals surface area contributed by atoms with E-state index in [0.29, 0.717) is 12.2 Å². The van der Waals surface area contributed by atoms with Crippen molar-refractivity contribution < 1.29 is 0 Å². The molecule has 0 aliphatic rings. The first kappa shape index (κ1) is 13.7. The van der Waals surface area contributed by atoms with Crippen LogP contribution in [0.1, 0.15) is 6.42 Å². The van der Waals surface area contributed by atoms with Crippen molar-refractivity contribution in [3.63, 3.8) is 0 Å². The van der Waals surface area contributed by atoms with Gasteiger partial charge in [0, 0.05) is 36.4 Å². The minimum Gasteiger partial charge on any atom is -0.398 e. The zero-order chi connectivity index (χ0) is 14.7. The molecule has 3 rings (SSSR count). The number of anilines is 1. The Morgan fingerprint density at radius 1 is 1.19 bits per heavy atom. The molecule has 6 nitrogen and oxygen atoms in total. The largest absolute Gasteiger partial charge is 0.398 e. The summed E-state index contributed by atoms with van der Waals surface area (Å²) < 4.78 is 3.59. The molecule has 0 amide bonds. The molecule has 0 unspecified atom stereocenters. The molecule has 0 bridgehead atoms. The predicted octanol–water partition coefficient (Wildman–Crippen LogP) is 1.66. The van der Waals surface area contributed by atoms with Gasteiger partial charge in [-0.15, -0.1) is 10.2 Å². The number of rotatable bonds is 5. The van der Waals surface area contributed by atoms with Gasteiger partial charge in [0.1, 0.15) is 0 Å². The van der Waals surface area contributed by atoms with E-state index in [2.05, 4.69) is 10.2 Å². The van der Waals surface area contributed by atoms with Crippen LogP contribution in [-0.2, 0) is 6.54 Å². The zero-order valence-corrected chi connectivity index (χ0v) is 12.2. The van der Waals surface area contributed by atoms with Gasteiger partial charge in [-0.1, -0.05) is 17.8 Å². The summed E-state index contributed by atoms with van der Waals surface area (Å²) in [5.74, 6) is 0.858. The molecule has 0 spiro atoms. The quantitative estimate of drug-likeness (QED) is 0.573. The van der Waals surface area contributed by atoms with Crippen LogP contribution in [0, 0.1) is 0 Å². The lowest BCUT2D eigenvalue weighted by atomic mass is 10.4. The first-order valence-electron chi connectivity index (χ1n) is 6.62. The van der Waals surface area contributed by atoms with Gasteiger partial charge in [-0.2, -0.15) is 0 Å². The maximum absolute atomic E-state index is 11.6. The summed E-state index contributed by atoms with van der Waals surface area (Å²) in [5.41, 5.74) is 7.10. The van der Waals surface area contributed by atoms with Crippen molar-refractivity contribution in [2.75, 3.05) is 11.5 Å². The summed E-state index contributed by atoms with van der Waals surface area (Å²) in [5, 5.41) is 9.13. The van der Waals surface area contributed by atoms with E-state index >= 15 is 0 Å². The molecule has 0 atom stereocenters. The van der Waals surface area contributed by atoms with Gasteiger partial charge in [-0.25, -0.2) is 0 Å². The molecule has 7 heteroatoms. The van der Waals surface area contributed by atoms with Crippen LogP contribution >= 0.6 is 11.8 Å². The maximum Gasteiger partial charge on any atom is 0.250 e. The Hall–Kier alpha value is -2.28. The summed E-state index contributed by atoms with van der Waals surface area (Å²) in [6, 6.07) is 8.92. The van der Waals surface area contributed by atoms with Crippen LogP contribution in [0.25, 0.3) is 5.65 Å². The molecule has 0 saturated carbocycles. The van der Waals surface area contributed by atoms with Gasteiger partial charge >= 0.3 is 0 Å². The molecular weight excluding hydrogens is 286 g/mol. The average molecular weight is 301 g/mol. The highest BCUT2D eigenvalue weighted by atomic mass is 32.2. The molecule has 21 heavy (non-hydrogen) atoms. The molecule has 3 heterocycles. The summed E-state index contributed by atoms with van der Waals surface area (Å²) in [7, 11) is 0. The fourth-order valence-corrected chi connectivity index (χ4v) is 2.89. The normalized spacial score (nSPS) is 11.0. The topological polar surface area (TPSA) is 78.2 Å². The van der Waals surface area contributed by atoms with Crippen LogP contribution in [0.3, 0.4) is 0 Å². The Balaban J connectivity index is 1.59. The molecular formula is C14H15N5OS. The highest BCUT2D eigenvalue weighted by molar-refractivity contribution is 7.99. The predicted molar refractivity (Wildman–Crippen MR) is 83.4 cm³/mol. The van der Waals surface area contributed by atoms with Crippen molar-refractivity contribution in [2.45, 2.75) is 18.1 Å². The van der Waals surface area contributed by atoms with E-state index in [9.17, 15) is 4.79 Å². The van der Waals surface area contributed by atoms with Crippen molar-refractivity contribution in [1.82, 2.24) is 19.2 Å². The van der Waals surface area contributed by atoms with Crippen LogP contribution in [-0.4, -0.2) is 24.9 Å². The van der Waals surface area contributed by atoms with Crippen molar-refractivity contribution in [3.05, 3.63) is 53.1 Å². The lowest BCUT2D eigenvalue weighted by molar-refractivity contribution is 0.659. The second kappa shape index (κ2) is 6.01. The van der Waals surface area contributed by atoms with E-state index in [0.717, 1.165) is 23.0 Å². The van der Waals surface area contributed by atoms with Crippen LogP contribution in [0.15, 0.2) is 52.7 Å². The molecule has 0 aliphatic heterocycles. The number of aryl methyl sites for hydroxylation is 1. The van der Waals surface area contributed by atoms with Crippen molar-refractivity contribution in [1.29, 1.82) is 0 Å². The van der Waals surface area contributed by atoms with E-state index in [1.807, 2.05) is 28.8 Å². The van der Waals surface area contributed by atoms with Crippen LogP contribution in [0.4, 0.5) is 5.69 Å². The standard InChI is InChI=1S/C14H15N5OS/c15-11-5-6-13(20)18(10-11)7-3-9-21-14-17-16-12-4-1-2-8-19(12)14/h1-2,4-6,8,10H,3,7,9,15H2. The number of nitrogens with zero attached hydrogens (tertiary/aromatic N) is 4. The first-order chi connectivity index (χ1) is 10.2. The fourth-order valence-electron chi connectivity index (χ4n) is 2.04. The highest BCUT2D eigenvalue weighted by Gasteiger charge is 2.04.